The first kappa shape index (κ1) is 17.5. The summed E-state index contributed by atoms with van der Waals surface area (Å²) in [7, 11) is 0. The summed E-state index contributed by atoms with van der Waals surface area (Å²) in [6.45, 7) is 6.37. The SMILES string of the molecule is Cc1cccc(COc2ccc(C(C)NC(=O)C3CCNC3)cc2)c1. The summed E-state index contributed by atoms with van der Waals surface area (Å²) in [4.78, 5) is 12.2. The summed E-state index contributed by atoms with van der Waals surface area (Å²) in [6.07, 6.45) is 0.921. The van der Waals surface area contributed by atoms with Crippen LogP contribution in [0.2, 0.25) is 0 Å². The van der Waals surface area contributed by atoms with Gasteiger partial charge in [-0.2, -0.15) is 0 Å². The van der Waals surface area contributed by atoms with Crippen molar-refractivity contribution in [2.45, 2.75) is 32.9 Å². The molecular formula is C21H26N2O2. The Morgan fingerprint density at radius 1 is 1.28 bits per heavy atom. The van der Waals surface area contributed by atoms with E-state index < -0.39 is 0 Å². The van der Waals surface area contributed by atoms with Crippen molar-refractivity contribution in [3.63, 3.8) is 0 Å². The molecule has 2 unspecified atom stereocenters. The van der Waals surface area contributed by atoms with Gasteiger partial charge in [-0.05, 0) is 50.1 Å². The number of carbonyl (C=O) groups is 1. The highest BCUT2D eigenvalue weighted by Gasteiger charge is 2.23. The van der Waals surface area contributed by atoms with E-state index in [-0.39, 0.29) is 17.9 Å². The molecule has 2 atom stereocenters. The van der Waals surface area contributed by atoms with Crippen LogP contribution in [-0.2, 0) is 11.4 Å². The molecule has 0 aromatic heterocycles. The summed E-state index contributed by atoms with van der Waals surface area (Å²) in [5.41, 5.74) is 3.48. The third-order valence-corrected chi connectivity index (χ3v) is 4.66. The van der Waals surface area contributed by atoms with Crippen LogP contribution in [-0.4, -0.2) is 19.0 Å². The van der Waals surface area contributed by atoms with Gasteiger partial charge in [-0.25, -0.2) is 0 Å². The highest BCUT2D eigenvalue weighted by Crippen LogP contribution is 2.20. The van der Waals surface area contributed by atoms with E-state index in [1.54, 1.807) is 0 Å². The van der Waals surface area contributed by atoms with Crippen LogP contribution in [0.5, 0.6) is 5.75 Å². The van der Waals surface area contributed by atoms with Gasteiger partial charge in [0.15, 0.2) is 0 Å². The quantitative estimate of drug-likeness (QED) is 0.849. The maximum Gasteiger partial charge on any atom is 0.224 e. The van der Waals surface area contributed by atoms with E-state index in [2.05, 4.69) is 35.8 Å². The topological polar surface area (TPSA) is 50.4 Å². The Kier molecular flexibility index (Phi) is 5.71. The summed E-state index contributed by atoms with van der Waals surface area (Å²) in [5, 5.41) is 6.33. The summed E-state index contributed by atoms with van der Waals surface area (Å²) in [5.74, 6) is 1.07. The van der Waals surface area contributed by atoms with Gasteiger partial charge in [0.2, 0.25) is 5.91 Å². The lowest BCUT2D eigenvalue weighted by Gasteiger charge is -2.17. The zero-order valence-corrected chi connectivity index (χ0v) is 14.9. The number of nitrogens with one attached hydrogen (secondary N) is 2. The Bertz CT molecular complexity index is 706. The number of ether oxygens (including phenoxy) is 1. The van der Waals surface area contributed by atoms with E-state index >= 15 is 0 Å². The number of benzene rings is 2. The number of carbonyl (C=O) groups excluding carboxylic acids is 1. The largest absolute Gasteiger partial charge is 0.489 e. The molecule has 4 nitrogen and oxygen atoms in total. The lowest BCUT2D eigenvalue weighted by atomic mass is 10.1. The second-order valence-electron chi connectivity index (χ2n) is 6.77. The molecule has 1 fully saturated rings. The maximum absolute atomic E-state index is 12.2. The van der Waals surface area contributed by atoms with Crippen molar-refractivity contribution in [3.05, 3.63) is 65.2 Å². The number of rotatable bonds is 6. The lowest BCUT2D eigenvalue weighted by Crippen LogP contribution is -2.33. The molecule has 2 aromatic carbocycles. The van der Waals surface area contributed by atoms with Crippen LogP contribution in [0.1, 0.15) is 36.1 Å². The summed E-state index contributed by atoms with van der Waals surface area (Å²) >= 11 is 0. The highest BCUT2D eigenvalue weighted by atomic mass is 16.5. The van der Waals surface area contributed by atoms with E-state index in [0.717, 1.165) is 36.4 Å². The molecular weight excluding hydrogens is 312 g/mol. The average molecular weight is 338 g/mol. The normalized spacial score (nSPS) is 17.9. The van der Waals surface area contributed by atoms with Crippen LogP contribution < -0.4 is 15.4 Å². The zero-order valence-electron chi connectivity index (χ0n) is 14.9. The first-order valence-corrected chi connectivity index (χ1v) is 8.91. The first-order chi connectivity index (χ1) is 12.1. The molecule has 132 valence electrons. The highest BCUT2D eigenvalue weighted by molar-refractivity contribution is 5.79. The van der Waals surface area contributed by atoms with Crippen LogP contribution in [0.4, 0.5) is 0 Å². The Hall–Kier alpha value is -2.33. The van der Waals surface area contributed by atoms with Crippen LogP contribution in [0.3, 0.4) is 0 Å². The molecule has 0 bridgehead atoms. The van der Waals surface area contributed by atoms with Gasteiger partial charge in [-0.1, -0.05) is 42.0 Å². The van der Waals surface area contributed by atoms with Crippen LogP contribution >= 0.6 is 0 Å². The number of hydrogen-bond donors (Lipinski definition) is 2. The number of hydrogen-bond acceptors (Lipinski definition) is 3. The van der Waals surface area contributed by atoms with E-state index in [9.17, 15) is 4.79 Å². The standard InChI is InChI=1S/C21H26N2O2/c1-15-4-3-5-17(12-15)14-25-20-8-6-18(7-9-20)16(2)23-21(24)19-10-11-22-13-19/h3-9,12,16,19,22H,10-11,13-14H2,1-2H3,(H,23,24). The van der Waals surface area contributed by atoms with Crippen LogP contribution in [0.25, 0.3) is 0 Å². The summed E-state index contributed by atoms with van der Waals surface area (Å²) < 4.78 is 5.85. The van der Waals surface area contributed by atoms with Gasteiger partial charge < -0.3 is 15.4 Å². The van der Waals surface area contributed by atoms with Crippen LogP contribution in [0, 0.1) is 12.8 Å². The Balaban J connectivity index is 1.53. The van der Waals surface area contributed by atoms with Gasteiger partial charge in [-0.15, -0.1) is 0 Å². The minimum Gasteiger partial charge on any atom is -0.489 e. The van der Waals surface area contributed by atoms with Gasteiger partial charge in [0, 0.05) is 6.54 Å². The van der Waals surface area contributed by atoms with Gasteiger partial charge in [0.25, 0.3) is 0 Å². The molecule has 0 saturated carbocycles. The monoisotopic (exact) mass is 338 g/mol. The van der Waals surface area contributed by atoms with Crippen molar-refractivity contribution in [3.8, 4) is 5.75 Å². The van der Waals surface area contributed by atoms with E-state index in [0.29, 0.717) is 6.61 Å². The molecule has 2 N–H and O–H groups in total. The molecule has 3 rings (SSSR count). The van der Waals surface area contributed by atoms with Crippen molar-refractivity contribution in [1.29, 1.82) is 0 Å². The lowest BCUT2D eigenvalue weighted by molar-refractivity contribution is -0.125. The minimum atomic E-state index is -0.000997. The van der Waals surface area contributed by atoms with Gasteiger partial charge in [0.1, 0.15) is 12.4 Å². The molecule has 1 saturated heterocycles. The van der Waals surface area contributed by atoms with Crippen molar-refractivity contribution in [1.82, 2.24) is 10.6 Å². The summed E-state index contributed by atoms with van der Waals surface area (Å²) in [6, 6.07) is 16.3. The third-order valence-electron chi connectivity index (χ3n) is 4.66. The van der Waals surface area contributed by atoms with Crippen LogP contribution in [0.15, 0.2) is 48.5 Å². The fourth-order valence-electron chi connectivity index (χ4n) is 3.11. The number of aryl methyl sites for hydroxylation is 1. The molecule has 0 aliphatic carbocycles. The molecule has 25 heavy (non-hydrogen) atoms. The van der Waals surface area contributed by atoms with Crippen molar-refractivity contribution in [2.24, 2.45) is 5.92 Å². The fraction of sp³-hybridized carbons (Fsp3) is 0.381. The molecule has 0 spiro atoms. The van der Waals surface area contributed by atoms with Crippen molar-refractivity contribution < 1.29 is 9.53 Å². The second-order valence-corrected chi connectivity index (χ2v) is 6.77. The molecule has 1 aliphatic heterocycles. The fourth-order valence-corrected chi connectivity index (χ4v) is 3.11. The number of amides is 1. The Morgan fingerprint density at radius 2 is 2.08 bits per heavy atom. The predicted octanol–water partition coefficient (Wildman–Crippen LogP) is 3.36. The van der Waals surface area contributed by atoms with E-state index in [1.165, 1.54) is 5.56 Å². The molecule has 1 amide bonds. The third kappa shape index (κ3) is 4.83. The Labute approximate surface area is 149 Å². The van der Waals surface area contributed by atoms with Gasteiger partial charge >= 0.3 is 0 Å². The molecule has 1 aliphatic rings. The molecule has 1 heterocycles. The van der Waals surface area contributed by atoms with Gasteiger partial charge in [0.05, 0.1) is 12.0 Å². The zero-order chi connectivity index (χ0) is 17.6. The molecule has 0 radical (unpaired) electrons. The Morgan fingerprint density at radius 3 is 2.76 bits per heavy atom. The van der Waals surface area contributed by atoms with Crippen molar-refractivity contribution >= 4 is 5.91 Å². The van der Waals surface area contributed by atoms with Gasteiger partial charge in [-0.3, -0.25) is 4.79 Å². The minimum absolute atomic E-state index is 0.000997. The second kappa shape index (κ2) is 8.17. The first-order valence-electron chi connectivity index (χ1n) is 8.91. The van der Waals surface area contributed by atoms with E-state index in [1.807, 2.05) is 37.3 Å². The maximum atomic E-state index is 12.2. The average Bonchev–Trinajstić information content (AvgIpc) is 3.15. The van der Waals surface area contributed by atoms with Crippen molar-refractivity contribution in [2.75, 3.05) is 13.1 Å². The van der Waals surface area contributed by atoms with E-state index in [4.69, 9.17) is 4.74 Å². The predicted molar refractivity (Wildman–Crippen MR) is 99.5 cm³/mol. The molecule has 2 aromatic rings. The smallest absolute Gasteiger partial charge is 0.224 e. The molecule has 4 heteroatoms.